The lowest BCUT2D eigenvalue weighted by Crippen LogP contribution is -2.23. The van der Waals surface area contributed by atoms with Crippen molar-refractivity contribution in [1.29, 1.82) is 0 Å². The van der Waals surface area contributed by atoms with Crippen molar-refractivity contribution in [2.24, 2.45) is 5.92 Å². The Morgan fingerprint density at radius 1 is 1.28 bits per heavy atom. The minimum atomic E-state index is -4.96. The van der Waals surface area contributed by atoms with E-state index in [4.69, 9.17) is 0 Å². The molecule has 29 heavy (non-hydrogen) atoms. The van der Waals surface area contributed by atoms with Gasteiger partial charge in [0.1, 0.15) is 6.10 Å². The molecule has 0 saturated carbocycles. The molecular weight excluding hydrogens is 407 g/mol. The van der Waals surface area contributed by atoms with Crippen molar-refractivity contribution in [2.75, 3.05) is 0 Å². The lowest BCUT2D eigenvalue weighted by atomic mass is 9.95. The van der Waals surface area contributed by atoms with Gasteiger partial charge >= 0.3 is 6.36 Å². The Labute approximate surface area is 170 Å². The van der Waals surface area contributed by atoms with Crippen molar-refractivity contribution in [3.05, 3.63) is 29.6 Å². The van der Waals surface area contributed by atoms with Gasteiger partial charge < -0.3 is 9.84 Å². The van der Waals surface area contributed by atoms with E-state index in [-0.39, 0.29) is 5.56 Å². The molecule has 2 rings (SSSR count). The quantitative estimate of drug-likeness (QED) is 0.344. The summed E-state index contributed by atoms with van der Waals surface area (Å²) in [6.45, 7) is 1.60. The number of rotatable bonds is 7. The molecule has 2 unspecified atom stereocenters. The predicted molar refractivity (Wildman–Crippen MR) is 105 cm³/mol. The minimum absolute atomic E-state index is 0.175. The molecule has 1 aliphatic rings. The van der Waals surface area contributed by atoms with E-state index in [0.29, 0.717) is 18.8 Å². The van der Waals surface area contributed by atoms with Crippen molar-refractivity contribution < 1.29 is 31.8 Å². The third-order valence-electron chi connectivity index (χ3n) is 5.28. The number of hydrogen-bond acceptors (Lipinski definition) is 2. The molecule has 1 N–H and O–H groups in total. The highest BCUT2D eigenvalue weighted by atomic mass is 28.3. The van der Waals surface area contributed by atoms with E-state index in [1.54, 1.807) is 6.92 Å². The Hall–Kier alpha value is -1.59. The summed E-state index contributed by atoms with van der Waals surface area (Å²) in [4.78, 5) is 0. The van der Waals surface area contributed by atoms with E-state index < -0.39 is 39.0 Å². The Balaban J connectivity index is 1.78. The average molecular weight is 435 g/mol. The first-order chi connectivity index (χ1) is 13.6. The number of ether oxygens (including phenoxy) is 1. The van der Waals surface area contributed by atoms with Gasteiger partial charge in [-0.1, -0.05) is 49.2 Å². The molecule has 162 valence electrons. The van der Waals surface area contributed by atoms with E-state index in [9.17, 15) is 27.1 Å². The van der Waals surface area contributed by atoms with Crippen molar-refractivity contribution in [3.8, 4) is 17.6 Å². The van der Waals surface area contributed by atoms with Crippen LogP contribution in [0, 0.1) is 23.6 Å². The minimum Gasteiger partial charge on any atom is -0.403 e. The molecule has 1 saturated heterocycles. The van der Waals surface area contributed by atoms with Crippen LogP contribution in [0.2, 0.25) is 18.1 Å². The van der Waals surface area contributed by atoms with E-state index in [2.05, 4.69) is 16.6 Å². The molecule has 2 atom stereocenters. The molecule has 1 aromatic carbocycles. The van der Waals surface area contributed by atoms with E-state index in [0.717, 1.165) is 31.4 Å². The van der Waals surface area contributed by atoms with Crippen LogP contribution in [0.3, 0.4) is 0 Å². The van der Waals surface area contributed by atoms with Crippen LogP contribution in [0.15, 0.2) is 18.2 Å². The van der Waals surface area contributed by atoms with Crippen LogP contribution >= 0.6 is 0 Å². The third kappa shape index (κ3) is 9.17. The molecule has 0 aliphatic carbocycles. The number of halogens is 5. The van der Waals surface area contributed by atoms with Crippen LogP contribution in [-0.4, -0.2) is 32.5 Å². The summed E-state index contributed by atoms with van der Waals surface area (Å²) in [6.07, 6.45) is -2.29. The van der Waals surface area contributed by atoms with Crippen LogP contribution < -0.4 is 4.74 Å². The zero-order valence-corrected chi connectivity index (χ0v) is 17.6. The number of alkyl halides is 4. The van der Waals surface area contributed by atoms with Gasteiger partial charge in [0.05, 0.1) is 6.17 Å². The maximum atomic E-state index is 13.7. The second-order valence-electron chi connectivity index (χ2n) is 7.81. The van der Waals surface area contributed by atoms with Crippen molar-refractivity contribution in [3.63, 3.8) is 0 Å². The average Bonchev–Trinajstić information content (AvgIpc) is 2.62. The summed E-state index contributed by atoms with van der Waals surface area (Å²) < 4.78 is 66.6. The Kier molecular flexibility index (Phi) is 8.96. The SMILES string of the molecule is CC(F)CCC[SiH]1CCC(CC(O)C#Cc2ccc(OC(F)(F)F)c(F)c2)CC1. The monoisotopic (exact) mass is 434 g/mol. The molecule has 0 aromatic heterocycles. The Bertz CT molecular complexity index is 703. The summed E-state index contributed by atoms with van der Waals surface area (Å²) in [5.74, 6) is 3.57. The fourth-order valence-electron chi connectivity index (χ4n) is 3.77. The number of aliphatic hydroxyl groups excluding tert-OH is 1. The van der Waals surface area contributed by atoms with Gasteiger partial charge in [-0.2, -0.15) is 0 Å². The van der Waals surface area contributed by atoms with Gasteiger partial charge in [0.2, 0.25) is 0 Å². The van der Waals surface area contributed by atoms with Gasteiger partial charge in [-0.25, -0.2) is 8.78 Å². The maximum absolute atomic E-state index is 13.7. The van der Waals surface area contributed by atoms with Crippen LogP contribution in [0.1, 0.15) is 44.6 Å². The topological polar surface area (TPSA) is 29.5 Å². The molecule has 1 aliphatic heterocycles. The van der Waals surface area contributed by atoms with Crippen molar-refractivity contribution >= 4 is 8.80 Å². The summed E-state index contributed by atoms with van der Waals surface area (Å²) in [7, 11) is -0.778. The Morgan fingerprint density at radius 2 is 1.97 bits per heavy atom. The second-order valence-corrected chi connectivity index (χ2v) is 11.3. The van der Waals surface area contributed by atoms with E-state index >= 15 is 0 Å². The number of hydrogen-bond donors (Lipinski definition) is 1. The van der Waals surface area contributed by atoms with Crippen LogP contribution in [0.4, 0.5) is 22.0 Å². The number of benzene rings is 1. The zero-order chi connectivity index (χ0) is 21.4. The van der Waals surface area contributed by atoms with Gasteiger partial charge in [-0.15, -0.1) is 13.2 Å². The van der Waals surface area contributed by atoms with Gasteiger partial charge in [0.25, 0.3) is 0 Å². The highest BCUT2D eigenvalue weighted by molar-refractivity contribution is 6.58. The van der Waals surface area contributed by atoms with Gasteiger partial charge in [-0.3, -0.25) is 0 Å². The van der Waals surface area contributed by atoms with Gasteiger partial charge in [-0.05, 0) is 43.9 Å². The molecule has 2 nitrogen and oxygen atoms in total. The molecule has 1 fully saturated rings. The zero-order valence-electron chi connectivity index (χ0n) is 16.4. The fraction of sp³-hybridized carbons (Fsp3) is 0.619. The molecule has 8 heteroatoms. The molecule has 0 spiro atoms. The number of aliphatic hydroxyl groups is 1. The summed E-state index contributed by atoms with van der Waals surface area (Å²) in [6, 6.07) is 6.54. The largest absolute Gasteiger partial charge is 0.573 e. The molecule has 1 aromatic rings. The van der Waals surface area contributed by atoms with Crippen molar-refractivity contribution in [2.45, 2.75) is 75.8 Å². The first kappa shape index (κ1) is 23.7. The summed E-state index contributed by atoms with van der Waals surface area (Å²) >= 11 is 0. The molecule has 1 heterocycles. The molecular formula is C21H27F5O2Si. The van der Waals surface area contributed by atoms with Crippen LogP contribution in [-0.2, 0) is 0 Å². The first-order valence-corrected chi connectivity index (χ1v) is 12.5. The lowest BCUT2D eigenvalue weighted by Gasteiger charge is -2.28. The summed E-state index contributed by atoms with van der Waals surface area (Å²) in [5, 5.41) is 10.1. The first-order valence-electron chi connectivity index (χ1n) is 10.0. The standard InChI is InChI=1S/C21H27F5O2Si/c1-15(22)3-2-10-29-11-8-17(9-12-29)13-18(27)6-4-16-5-7-20(19(23)14-16)28-21(24,25)26/h5,7,14-15,17-18,27,29H,2-3,8-13H2,1H3. The maximum Gasteiger partial charge on any atom is 0.573 e. The van der Waals surface area contributed by atoms with E-state index in [1.165, 1.54) is 24.2 Å². The van der Waals surface area contributed by atoms with Gasteiger partial charge in [0, 0.05) is 14.4 Å². The van der Waals surface area contributed by atoms with Gasteiger partial charge in [0.15, 0.2) is 11.6 Å². The predicted octanol–water partition coefficient (Wildman–Crippen LogP) is 5.60. The van der Waals surface area contributed by atoms with E-state index in [1.807, 2.05) is 0 Å². The van der Waals surface area contributed by atoms with Crippen molar-refractivity contribution in [1.82, 2.24) is 0 Å². The smallest absolute Gasteiger partial charge is 0.403 e. The molecule has 0 bridgehead atoms. The molecule has 0 amide bonds. The lowest BCUT2D eigenvalue weighted by molar-refractivity contribution is -0.275. The third-order valence-corrected chi connectivity index (χ3v) is 8.80. The fourth-order valence-corrected chi connectivity index (χ4v) is 7.34. The Morgan fingerprint density at radius 3 is 2.55 bits per heavy atom. The second kappa shape index (κ2) is 11.0. The van der Waals surface area contributed by atoms with Crippen LogP contribution in [0.25, 0.3) is 0 Å². The van der Waals surface area contributed by atoms with Crippen LogP contribution in [0.5, 0.6) is 5.75 Å². The normalized spacial score (nSPS) is 21.8. The highest BCUT2D eigenvalue weighted by Gasteiger charge is 2.32. The highest BCUT2D eigenvalue weighted by Crippen LogP contribution is 2.31. The molecule has 0 radical (unpaired) electrons. The summed E-state index contributed by atoms with van der Waals surface area (Å²) in [5.41, 5.74) is 0.175.